The number of aryl methyl sites for hydroxylation is 1. The van der Waals surface area contributed by atoms with Crippen LogP contribution < -0.4 is 4.72 Å². The van der Waals surface area contributed by atoms with Crippen LogP contribution >= 0.6 is 0 Å². The van der Waals surface area contributed by atoms with E-state index in [1.165, 1.54) is 0 Å². The summed E-state index contributed by atoms with van der Waals surface area (Å²) in [5.41, 5.74) is 1.15. The molecule has 0 amide bonds. The van der Waals surface area contributed by atoms with Crippen LogP contribution in [0.25, 0.3) is 0 Å². The second-order valence-electron chi connectivity index (χ2n) is 6.95. The number of rotatable bonds is 6. The van der Waals surface area contributed by atoms with E-state index in [1.54, 1.807) is 0 Å². The van der Waals surface area contributed by atoms with Crippen molar-refractivity contribution in [2.75, 3.05) is 32.8 Å². The van der Waals surface area contributed by atoms with Crippen LogP contribution in [-0.4, -0.2) is 46.2 Å². The Balaban J connectivity index is 1.79. The second kappa shape index (κ2) is 8.83. The van der Waals surface area contributed by atoms with Gasteiger partial charge >= 0.3 is 6.18 Å². The SMILES string of the molecule is Cc1cccc(C(CNS(=O)(=O)c2ccc(C(F)(F)F)cc2)N2CCOCC2)c1. The lowest BCUT2D eigenvalue weighted by Gasteiger charge is -2.35. The molecule has 1 aliphatic rings. The van der Waals surface area contributed by atoms with E-state index < -0.39 is 21.8 Å². The van der Waals surface area contributed by atoms with Gasteiger partial charge in [-0.2, -0.15) is 13.2 Å². The minimum Gasteiger partial charge on any atom is -0.379 e. The van der Waals surface area contributed by atoms with Gasteiger partial charge in [0.25, 0.3) is 0 Å². The summed E-state index contributed by atoms with van der Waals surface area (Å²) in [7, 11) is -3.95. The fourth-order valence-corrected chi connectivity index (χ4v) is 4.36. The molecule has 0 spiro atoms. The first kappa shape index (κ1) is 21.8. The summed E-state index contributed by atoms with van der Waals surface area (Å²) in [6.45, 7) is 4.53. The highest BCUT2D eigenvalue weighted by molar-refractivity contribution is 7.89. The summed E-state index contributed by atoms with van der Waals surface area (Å²) in [6.07, 6.45) is -4.51. The zero-order valence-electron chi connectivity index (χ0n) is 15.9. The fourth-order valence-electron chi connectivity index (χ4n) is 3.32. The van der Waals surface area contributed by atoms with Gasteiger partial charge in [-0.15, -0.1) is 0 Å². The number of hydrogen-bond acceptors (Lipinski definition) is 4. The molecule has 0 bridgehead atoms. The highest BCUT2D eigenvalue weighted by Crippen LogP contribution is 2.30. The summed E-state index contributed by atoms with van der Waals surface area (Å²) in [5.74, 6) is 0. The third-order valence-electron chi connectivity index (χ3n) is 4.87. The van der Waals surface area contributed by atoms with Crippen LogP contribution in [0.3, 0.4) is 0 Å². The monoisotopic (exact) mass is 428 g/mol. The van der Waals surface area contributed by atoms with Crippen LogP contribution in [0.2, 0.25) is 0 Å². The number of hydrogen-bond donors (Lipinski definition) is 1. The van der Waals surface area contributed by atoms with Gasteiger partial charge in [-0.05, 0) is 36.8 Å². The molecule has 1 heterocycles. The maximum atomic E-state index is 12.7. The number of morpholine rings is 1. The maximum absolute atomic E-state index is 12.7. The molecule has 1 aliphatic heterocycles. The first-order valence-corrected chi connectivity index (χ1v) is 10.7. The molecule has 5 nitrogen and oxygen atoms in total. The predicted molar refractivity (Wildman–Crippen MR) is 103 cm³/mol. The highest BCUT2D eigenvalue weighted by Gasteiger charge is 2.31. The van der Waals surface area contributed by atoms with Gasteiger partial charge in [0.15, 0.2) is 0 Å². The first-order chi connectivity index (χ1) is 13.7. The molecule has 1 atom stereocenters. The molecule has 0 aliphatic carbocycles. The van der Waals surface area contributed by atoms with Crippen molar-refractivity contribution in [3.8, 4) is 0 Å². The van der Waals surface area contributed by atoms with E-state index in [-0.39, 0.29) is 17.5 Å². The third kappa shape index (κ3) is 5.57. The van der Waals surface area contributed by atoms with Crippen molar-refractivity contribution in [1.82, 2.24) is 9.62 Å². The van der Waals surface area contributed by atoms with Crippen LogP contribution in [0.4, 0.5) is 13.2 Å². The zero-order chi connectivity index (χ0) is 21.1. The van der Waals surface area contributed by atoms with Crippen molar-refractivity contribution in [1.29, 1.82) is 0 Å². The van der Waals surface area contributed by atoms with Crippen molar-refractivity contribution >= 4 is 10.0 Å². The number of halogens is 3. The van der Waals surface area contributed by atoms with E-state index in [0.717, 1.165) is 35.4 Å². The summed E-state index contributed by atoms with van der Waals surface area (Å²) >= 11 is 0. The van der Waals surface area contributed by atoms with Crippen LogP contribution in [-0.2, 0) is 20.9 Å². The molecule has 3 rings (SSSR count). The number of benzene rings is 2. The molecule has 9 heteroatoms. The highest BCUT2D eigenvalue weighted by atomic mass is 32.2. The zero-order valence-corrected chi connectivity index (χ0v) is 16.8. The molecule has 0 radical (unpaired) electrons. The number of nitrogens with zero attached hydrogens (tertiary/aromatic N) is 1. The molecule has 29 heavy (non-hydrogen) atoms. The lowest BCUT2D eigenvalue weighted by atomic mass is 10.0. The van der Waals surface area contributed by atoms with Crippen LogP contribution in [0.1, 0.15) is 22.7 Å². The molecule has 1 saturated heterocycles. The molecule has 1 unspecified atom stereocenters. The molecule has 0 aromatic heterocycles. The number of nitrogens with one attached hydrogen (secondary N) is 1. The van der Waals surface area contributed by atoms with Crippen molar-refractivity contribution in [2.24, 2.45) is 0 Å². The molecular weight excluding hydrogens is 405 g/mol. The number of sulfonamides is 1. The Hall–Kier alpha value is -1.94. The molecule has 0 saturated carbocycles. The largest absolute Gasteiger partial charge is 0.416 e. The molecule has 2 aromatic rings. The van der Waals surface area contributed by atoms with Gasteiger partial charge in [0, 0.05) is 25.7 Å². The molecule has 2 aromatic carbocycles. The Labute approximate surface area is 168 Å². The lowest BCUT2D eigenvalue weighted by molar-refractivity contribution is -0.137. The van der Waals surface area contributed by atoms with E-state index in [0.29, 0.717) is 26.3 Å². The van der Waals surface area contributed by atoms with E-state index in [1.807, 2.05) is 31.2 Å². The van der Waals surface area contributed by atoms with Crippen molar-refractivity contribution in [3.63, 3.8) is 0 Å². The number of ether oxygens (including phenoxy) is 1. The summed E-state index contributed by atoms with van der Waals surface area (Å²) in [4.78, 5) is 1.95. The standard InChI is InChI=1S/C20H23F3N2O3S/c1-15-3-2-4-16(13-15)19(25-9-11-28-12-10-25)14-24-29(26,27)18-7-5-17(6-8-18)20(21,22)23/h2-8,13,19,24H,9-12,14H2,1H3. The summed E-state index contributed by atoms with van der Waals surface area (Å²) in [6, 6.07) is 11.1. The molecule has 158 valence electrons. The van der Waals surface area contributed by atoms with Gasteiger partial charge in [0.1, 0.15) is 0 Å². The topological polar surface area (TPSA) is 58.6 Å². The Kier molecular flexibility index (Phi) is 6.62. The average Bonchev–Trinajstić information content (AvgIpc) is 2.68. The first-order valence-electron chi connectivity index (χ1n) is 9.22. The smallest absolute Gasteiger partial charge is 0.379 e. The van der Waals surface area contributed by atoms with E-state index >= 15 is 0 Å². The minimum atomic E-state index is -4.51. The summed E-state index contributed by atoms with van der Waals surface area (Å²) in [5, 5.41) is 0. The van der Waals surface area contributed by atoms with Gasteiger partial charge in [-0.25, -0.2) is 13.1 Å². The Bertz CT molecular complexity index is 925. The second-order valence-corrected chi connectivity index (χ2v) is 8.72. The van der Waals surface area contributed by atoms with E-state index in [4.69, 9.17) is 4.74 Å². The van der Waals surface area contributed by atoms with Crippen LogP contribution in [0, 0.1) is 6.92 Å². The molecule has 1 fully saturated rings. The Morgan fingerprint density at radius 2 is 1.76 bits per heavy atom. The predicted octanol–water partition coefficient (Wildman–Crippen LogP) is 3.37. The van der Waals surface area contributed by atoms with Crippen molar-refractivity contribution in [2.45, 2.75) is 24.0 Å². The Morgan fingerprint density at radius 3 is 2.34 bits per heavy atom. The fraction of sp³-hybridized carbons (Fsp3) is 0.400. The van der Waals surface area contributed by atoms with E-state index in [2.05, 4.69) is 9.62 Å². The lowest BCUT2D eigenvalue weighted by Crippen LogP contribution is -2.43. The van der Waals surface area contributed by atoms with Gasteiger partial charge in [0.2, 0.25) is 10.0 Å². The van der Waals surface area contributed by atoms with Gasteiger partial charge < -0.3 is 4.74 Å². The third-order valence-corrected chi connectivity index (χ3v) is 6.31. The van der Waals surface area contributed by atoms with Gasteiger partial charge in [-0.1, -0.05) is 29.8 Å². The van der Waals surface area contributed by atoms with Crippen molar-refractivity contribution in [3.05, 3.63) is 65.2 Å². The molecule has 1 N–H and O–H groups in total. The van der Waals surface area contributed by atoms with Crippen LogP contribution in [0.15, 0.2) is 53.4 Å². The molecular formula is C20H23F3N2O3S. The number of alkyl halides is 3. The Morgan fingerprint density at radius 1 is 1.10 bits per heavy atom. The van der Waals surface area contributed by atoms with Gasteiger partial charge in [-0.3, -0.25) is 4.90 Å². The van der Waals surface area contributed by atoms with E-state index in [9.17, 15) is 21.6 Å². The summed E-state index contributed by atoms with van der Waals surface area (Å²) < 4.78 is 71.4. The minimum absolute atomic E-state index is 0.104. The van der Waals surface area contributed by atoms with Gasteiger partial charge in [0.05, 0.1) is 23.7 Å². The van der Waals surface area contributed by atoms with Crippen LogP contribution in [0.5, 0.6) is 0 Å². The quantitative estimate of drug-likeness (QED) is 0.767. The maximum Gasteiger partial charge on any atom is 0.416 e. The normalized spacial score (nSPS) is 17.2. The average molecular weight is 428 g/mol. The van der Waals surface area contributed by atoms with Crippen molar-refractivity contribution < 1.29 is 26.3 Å².